The van der Waals surface area contributed by atoms with Gasteiger partial charge >= 0.3 is 6.03 Å². The van der Waals surface area contributed by atoms with Crippen molar-refractivity contribution < 1.29 is 22.9 Å². The lowest BCUT2D eigenvalue weighted by atomic mass is 9.93. The van der Waals surface area contributed by atoms with Gasteiger partial charge in [0.2, 0.25) is 0 Å². The van der Waals surface area contributed by atoms with Crippen LogP contribution in [0.15, 0.2) is 40.1 Å². The van der Waals surface area contributed by atoms with Crippen LogP contribution < -0.4 is 10.6 Å². The Hall–Kier alpha value is -3.23. The normalized spacial score (nSPS) is 17.1. The number of allylic oxidation sites excluding steroid dienone is 1. The maximum Gasteiger partial charge on any atom is 0.322 e. The van der Waals surface area contributed by atoms with E-state index in [4.69, 9.17) is 4.52 Å². The quantitative estimate of drug-likeness (QED) is 0.857. The second kappa shape index (κ2) is 7.18. The molecule has 3 amide bonds. The van der Waals surface area contributed by atoms with Crippen LogP contribution >= 0.6 is 0 Å². The summed E-state index contributed by atoms with van der Waals surface area (Å²) in [6.07, 6.45) is 0. The zero-order valence-electron chi connectivity index (χ0n) is 15.0. The Balaban J connectivity index is 2.05. The van der Waals surface area contributed by atoms with E-state index in [1.165, 1.54) is 17.0 Å². The number of aryl methyl sites for hydroxylation is 1. The van der Waals surface area contributed by atoms with Gasteiger partial charge in [-0.1, -0.05) is 11.2 Å². The molecular formula is C18H18F2N4O3. The number of hydrogen-bond acceptors (Lipinski definition) is 4. The largest absolute Gasteiger partial charge is 0.360 e. The summed E-state index contributed by atoms with van der Waals surface area (Å²) >= 11 is 0. The van der Waals surface area contributed by atoms with Crippen LogP contribution in [-0.4, -0.2) is 28.5 Å². The predicted octanol–water partition coefficient (Wildman–Crippen LogP) is 3.26. The summed E-state index contributed by atoms with van der Waals surface area (Å²) in [6, 6.07) is 2.96. The summed E-state index contributed by atoms with van der Waals surface area (Å²) in [7, 11) is 0. The Kier molecular flexibility index (Phi) is 4.93. The van der Waals surface area contributed by atoms with Gasteiger partial charge in [0.05, 0.1) is 11.6 Å². The van der Waals surface area contributed by atoms with Gasteiger partial charge in [-0.2, -0.15) is 0 Å². The minimum Gasteiger partial charge on any atom is -0.360 e. The lowest BCUT2D eigenvalue weighted by Gasteiger charge is -2.35. The highest BCUT2D eigenvalue weighted by Gasteiger charge is 2.36. The van der Waals surface area contributed by atoms with E-state index in [9.17, 15) is 18.4 Å². The van der Waals surface area contributed by atoms with E-state index < -0.39 is 29.6 Å². The van der Waals surface area contributed by atoms with Gasteiger partial charge in [-0.3, -0.25) is 9.69 Å². The third kappa shape index (κ3) is 3.53. The third-order valence-corrected chi connectivity index (χ3v) is 4.30. The third-order valence-electron chi connectivity index (χ3n) is 4.30. The number of anilines is 1. The molecule has 1 aliphatic heterocycles. The van der Waals surface area contributed by atoms with Gasteiger partial charge in [-0.15, -0.1) is 0 Å². The molecule has 9 heteroatoms. The van der Waals surface area contributed by atoms with Crippen molar-refractivity contribution in [2.45, 2.75) is 26.8 Å². The van der Waals surface area contributed by atoms with Gasteiger partial charge in [0.1, 0.15) is 17.4 Å². The van der Waals surface area contributed by atoms with Crippen LogP contribution in [-0.2, 0) is 4.79 Å². The van der Waals surface area contributed by atoms with Gasteiger partial charge in [0, 0.05) is 29.9 Å². The Morgan fingerprint density at radius 3 is 2.67 bits per heavy atom. The standard InChI is InChI=1S/C18H18F2N4O3/c1-4-24-10(3)15(17(25)21-14-7-9(2)27-23-14)16(22-18(24)26)12-6-5-11(19)8-13(12)20/h5-8,16H,4H2,1-3H3,(H,22,26)(H,21,23,25). The van der Waals surface area contributed by atoms with Crippen molar-refractivity contribution in [2.24, 2.45) is 0 Å². The first-order valence-corrected chi connectivity index (χ1v) is 8.30. The van der Waals surface area contributed by atoms with Gasteiger partial charge in [0.25, 0.3) is 5.91 Å². The molecule has 2 heterocycles. The van der Waals surface area contributed by atoms with Gasteiger partial charge in [-0.25, -0.2) is 13.6 Å². The molecule has 1 aromatic carbocycles. The first-order valence-electron chi connectivity index (χ1n) is 8.30. The van der Waals surface area contributed by atoms with E-state index in [1.54, 1.807) is 20.8 Å². The van der Waals surface area contributed by atoms with Crippen molar-refractivity contribution >= 4 is 17.8 Å². The zero-order valence-corrected chi connectivity index (χ0v) is 15.0. The Morgan fingerprint density at radius 2 is 2.07 bits per heavy atom. The topological polar surface area (TPSA) is 87.5 Å². The summed E-state index contributed by atoms with van der Waals surface area (Å²) < 4.78 is 32.6. The highest BCUT2D eigenvalue weighted by atomic mass is 19.1. The number of nitrogens with one attached hydrogen (secondary N) is 2. The first kappa shape index (κ1) is 18.6. The average molecular weight is 376 g/mol. The summed E-state index contributed by atoms with van der Waals surface area (Å²) in [6.45, 7) is 5.33. The predicted molar refractivity (Wildman–Crippen MR) is 92.6 cm³/mol. The number of urea groups is 1. The maximum atomic E-state index is 14.3. The summed E-state index contributed by atoms with van der Waals surface area (Å²) in [5.41, 5.74) is 0.483. The smallest absolute Gasteiger partial charge is 0.322 e. The molecule has 2 N–H and O–H groups in total. The highest BCUT2D eigenvalue weighted by Crippen LogP contribution is 2.32. The van der Waals surface area contributed by atoms with Crippen LogP contribution in [0.5, 0.6) is 0 Å². The average Bonchev–Trinajstić information content (AvgIpc) is 2.99. The number of hydrogen-bond donors (Lipinski definition) is 2. The maximum absolute atomic E-state index is 14.3. The highest BCUT2D eigenvalue weighted by molar-refractivity contribution is 6.06. The number of halogens is 2. The van der Waals surface area contributed by atoms with Crippen molar-refractivity contribution in [2.75, 3.05) is 11.9 Å². The van der Waals surface area contributed by atoms with E-state index in [0.29, 0.717) is 24.1 Å². The molecule has 142 valence electrons. The van der Waals surface area contributed by atoms with E-state index in [1.807, 2.05) is 0 Å². The minimum atomic E-state index is -1.08. The molecule has 0 aliphatic carbocycles. The molecule has 27 heavy (non-hydrogen) atoms. The van der Waals surface area contributed by atoms with Crippen molar-refractivity contribution in [3.63, 3.8) is 0 Å². The molecule has 0 saturated heterocycles. The van der Waals surface area contributed by atoms with Crippen LogP contribution in [0.3, 0.4) is 0 Å². The molecule has 0 saturated carbocycles. The molecule has 0 radical (unpaired) electrons. The fourth-order valence-electron chi connectivity index (χ4n) is 3.03. The van der Waals surface area contributed by atoms with Crippen LogP contribution in [0.2, 0.25) is 0 Å². The molecule has 1 unspecified atom stereocenters. The van der Waals surface area contributed by atoms with E-state index in [2.05, 4.69) is 15.8 Å². The summed E-state index contributed by atoms with van der Waals surface area (Å²) in [5, 5.41) is 8.89. The Bertz CT molecular complexity index is 938. The van der Waals surface area contributed by atoms with Crippen LogP contribution in [0, 0.1) is 18.6 Å². The second-order valence-electron chi connectivity index (χ2n) is 6.07. The SMILES string of the molecule is CCN1C(=O)NC(c2ccc(F)cc2F)C(C(=O)Nc2cc(C)on2)=C1C. The number of carbonyl (C=O) groups excluding carboxylic acids is 2. The van der Waals surface area contributed by atoms with Crippen LogP contribution in [0.1, 0.15) is 31.2 Å². The van der Waals surface area contributed by atoms with Crippen LogP contribution in [0.4, 0.5) is 19.4 Å². The monoisotopic (exact) mass is 376 g/mol. The van der Waals surface area contributed by atoms with Crippen molar-refractivity contribution in [3.05, 3.63) is 58.5 Å². The zero-order chi connectivity index (χ0) is 19.7. The van der Waals surface area contributed by atoms with Gasteiger partial charge < -0.3 is 15.2 Å². The van der Waals surface area contributed by atoms with E-state index in [0.717, 1.165) is 6.07 Å². The molecule has 7 nitrogen and oxygen atoms in total. The number of rotatable bonds is 4. The molecule has 0 bridgehead atoms. The van der Waals surface area contributed by atoms with Gasteiger partial charge in [-0.05, 0) is 26.8 Å². The van der Waals surface area contributed by atoms with Crippen molar-refractivity contribution in [1.29, 1.82) is 0 Å². The second-order valence-corrected chi connectivity index (χ2v) is 6.07. The summed E-state index contributed by atoms with van der Waals surface area (Å²) in [5.74, 6) is -1.49. The van der Waals surface area contributed by atoms with Crippen molar-refractivity contribution in [1.82, 2.24) is 15.4 Å². The molecule has 1 aromatic heterocycles. The van der Waals surface area contributed by atoms with Crippen LogP contribution in [0.25, 0.3) is 0 Å². The number of benzene rings is 1. The molecule has 1 atom stereocenters. The Morgan fingerprint density at radius 1 is 1.33 bits per heavy atom. The minimum absolute atomic E-state index is 0.0127. The lowest BCUT2D eigenvalue weighted by Crippen LogP contribution is -2.48. The van der Waals surface area contributed by atoms with E-state index >= 15 is 0 Å². The molecule has 0 spiro atoms. The number of amides is 3. The molecular weight excluding hydrogens is 358 g/mol. The molecule has 2 aromatic rings. The molecule has 0 fully saturated rings. The lowest BCUT2D eigenvalue weighted by molar-refractivity contribution is -0.113. The fourth-order valence-corrected chi connectivity index (χ4v) is 3.03. The van der Waals surface area contributed by atoms with E-state index in [-0.39, 0.29) is 17.0 Å². The summed E-state index contributed by atoms with van der Waals surface area (Å²) in [4.78, 5) is 26.6. The first-order chi connectivity index (χ1) is 12.8. The Labute approximate surface area is 154 Å². The molecule has 3 rings (SSSR count). The van der Waals surface area contributed by atoms with Crippen molar-refractivity contribution in [3.8, 4) is 0 Å². The fraction of sp³-hybridized carbons (Fsp3) is 0.278. The number of nitrogens with zero attached hydrogens (tertiary/aromatic N) is 2. The number of aromatic nitrogens is 1. The molecule has 1 aliphatic rings. The number of carbonyl (C=O) groups is 2. The van der Waals surface area contributed by atoms with Gasteiger partial charge in [0.15, 0.2) is 5.82 Å².